The molecule has 1 aromatic carbocycles. The van der Waals surface area contributed by atoms with Crippen LogP contribution in [0.3, 0.4) is 0 Å². The number of benzene rings is 1. The average Bonchev–Trinajstić information content (AvgIpc) is 2.66. The number of ketones is 1. The molecule has 0 amide bonds. The smallest absolute Gasteiger partial charge is 0.263 e. The highest BCUT2D eigenvalue weighted by Gasteiger charge is 2.18. The Hall–Kier alpha value is -3.34. The fourth-order valence-electron chi connectivity index (χ4n) is 2.67. The molecule has 0 bridgehead atoms. The quantitative estimate of drug-likeness (QED) is 0.368. The summed E-state index contributed by atoms with van der Waals surface area (Å²) in [5.41, 5.74) is 0.976. The summed E-state index contributed by atoms with van der Waals surface area (Å²) >= 11 is 0. The van der Waals surface area contributed by atoms with Gasteiger partial charge in [0.15, 0.2) is 5.78 Å². The molecule has 0 unspecified atom stereocenters. The van der Waals surface area contributed by atoms with Gasteiger partial charge in [-0.1, -0.05) is 62.3 Å². The predicted molar refractivity (Wildman–Crippen MR) is 112 cm³/mol. The molecule has 1 aromatic heterocycles. The minimum absolute atomic E-state index is 0.0800. The Balaban J connectivity index is 2.26. The predicted octanol–water partition coefficient (Wildman–Crippen LogP) is 4.74. The minimum atomic E-state index is -0.661. The zero-order valence-electron chi connectivity index (χ0n) is 16.3. The first-order chi connectivity index (χ1) is 13.3. The number of hydrogen-bond donors (Lipinski definition) is 3. The van der Waals surface area contributed by atoms with Crippen molar-refractivity contribution < 1.29 is 15.0 Å². The highest BCUT2D eigenvalue weighted by atomic mass is 16.3. The van der Waals surface area contributed by atoms with Gasteiger partial charge in [0.2, 0.25) is 0 Å². The number of phenols is 1. The molecule has 2 rings (SSSR count). The van der Waals surface area contributed by atoms with Crippen LogP contribution in [-0.2, 0) is 0 Å². The van der Waals surface area contributed by atoms with Crippen molar-refractivity contribution in [1.82, 2.24) is 4.98 Å². The molecule has 0 aliphatic rings. The van der Waals surface area contributed by atoms with Crippen molar-refractivity contribution >= 4 is 5.78 Å². The van der Waals surface area contributed by atoms with Crippen LogP contribution in [0.25, 0.3) is 11.1 Å². The van der Waals surface area contributed by atoms with Crippen molar-refractivity contribution in [3.05, 3.63) is 82.3 Å². The Morgan fingerprint density at radius 2 is 1.79 bits per heavy atom. The van der Waals surface area contributed by atoms with Crippen LogP contribution in [0.1, 0.15) is 37.6 Å². The van der Waals surface area contributed by atoms with Gasteiger partial charge in [0.05, 0.1) is 0 Å². The Labute approximate surface area is 164 Å². The Morgan fingerprint density at radius 3 is 2.43 bits per heavy atom. The normalized spacial score (nSPS) is 13.3. The molecule has 1 heterocycles. The summed E-state index contributed by atoms with van der Waals surface area (Å²) in [5.74, 6) is -0.418. The second kappa shape index (κ2) is 9.55. The monoisotopic (exact) mass is 379 g/mol. The van der Waals surface area contributed by atoms with Crippen LogP contribution in [0.2, 0.25) is 0 Å². The van der Waals surface area contributed by atoms with Crippen LogP contribution in [0, 0.1) is 5.92 Å². The van der Waals surface area contributed by atoms with Crippen LogP contribution in [0.5, 0.6) is 11.5 Å². The van der Waals surface area contributed by atoms with Crippen LogP contribution < -0.4 is 5.56 Å². The molecule has 5 nitrogen and oxygen atoms in total. The third-order valence-electron chi connectivity index (χ3n) is 4.40. The molecule has 0 spiro atoms. The number of carbonyl (C=O) groups excluding carboxylic acids is 1. The van der Waals surface area contributed by atoms with Crippen molar-refractivity contribution in [2.24, 2.45) is 5.92 Å². The van der Waals surface area contributed by atoms with E-state index in [9.17, 15) is 19.8 Å². The van der Waals surface area contributed by atoms with Crippen molar-refractivity contribution in [3.8, 4) is 22.6 Å². The minimum Gasteiger partial charge on any atom is -0.508 e. The molecule has 146 valence electrons. The third-order valence-corrected chi connectivity index (χ3v) is 4.40. The molecule has 2 aromatic rings. The largest absolute Gasteiger partial charge is 0.508 e. The molecule has 0 aliphatic heterocycles. The van der Waals surface area contributed by atoms with Gasteiger partial charge < -0.3 is 15.2 Å². The molecule has 0 radical (unpaired) electrons. The van der Waals surface area contributed by atoms with E-state index in [1.807, 2.05) is 13.0 Å². The number of aromatic amines is 1. The van der Waals surface area contributed by atoms with E-state index in [0.29, 0.717) is 17.0 Å². The summed E-state index contributed by atoms with van der Waals surface area (Å²) < 4.78 is 0. The summed E-state index contributed by atoms with van der Waals surface area (Å²) in [6.07, 6.45) is 10.9. The van der Waals surface area contributed by atoms with Crippen molar-refractivity contribution in [2.75, 3.05) is 0 Å². The van der Waals surface area contributed by atoms with E-state index in [1.54, 1.807) is 24.3 Å². The lowest BCUT2D eigenvalue weighted by atomic mass is 10.0. The van der Waals surface area contributed by atoms with Gasteiger partial charge in [-0.2, -0.15) is 0 Å². The summed E-state index contributed by atoms with van der Waals surface area (Å²) in [4.78, 5) is 27.0. The van der Waals surface area contributed by atoms with Gasteiger partial charge in [0.25, 0.3) is 5.56 Å². The molecule has 3 N–H and O–H groups in total. The third kappa shape index (κ3) is 5.33. The number of rotatable bonds is 7. The molecule has 0 fully saturated rings. The fourth-order valence-corrected chi connectivity index (χ4v) is 2.67. The molecule has 0 saturated heterocycles. The second-order valence-electron chi connectivity index (χ2n) is 6.68. The number of aromatic nitrogens is 1. The van der Waals surface area contributed by atoms with Gasteiger partial charge >= 0.3 is 0 Å². The summed E-state index contributed by atoms with van der Waals surface area (Å²) in [5, 5.41) is 19.9. The number of nitrogens with one attached hydrogen (secondary N) is 1. The van der Waals surface area contributed by atoms with E-state index >= 15 is 0 Å². The topological polar surface area (TPSA) is 90.4 Å². The van der Waals surface area contributed by atoms with E-state index in [4.69, 9.17) is 0 Å². The molecule has 5 heteroatoms. The van der Waals surface area contributed by atoms with Gasteiger partial charge in [0.1, 0.15) is 17.1 Å². The summed E-state index contributed by atoms with van der Waals surface area (Å²) in [6.45, 7) is 6.23. The molecule has 1 atom stereocenters. The number of H-pyrrole nitrogens is 1. The number of hydrogen-bond acceptors (Lipinski definition) is 4. The van der Waals surface area contributed by atoms with Crippen LogP contribution in [-0.4, -0.2) is 21.0 Å². The van der Waals surface area contributed by atoms with Crippen LogP contribution in [0.4, 0.5) is 0 Å². The number of phenolic OH excluding ortho intramolecular Hbond substituents is 1. The molecular formula is C23H25NO4. The number of pyridine rings is 1. The van der Waals surface area contributed by atoms with E-state index in [2.05, 4.69) is 24.9 Å². The second-order valence-corrected chi connectivity index (χ2v) is 6.68. The lowest BCUT2D eigenvalue weighted by Gasteiger charge is -2.07. The highest BCUT2D eigenvalue weighted by Crippen LogP contribution is 2.31. The Morgan fingerprint density at radius 1 is 1.14 bits per heavy atom. The van der Waals surface area contributed by atoms with Gasteiger partial charge in [0, 0.05) is 11.8 Å². The maximum absolute atomic E-state index is 12.4. The Kier molecular flexibility index (Phi) is 7.15. The maximum atomic E-state index is 12.4. The first-order valence-electron chi connectivity index (χ1n) is 9.15. The number of allylic oxidation sites excluding steroid dienone is 6. The van der Waals surface area contributed by atoms with Crippen LogP contribution >= 0.6 is 0 Å². The summed E-state index contributed by atoms with van der Waals surface area (Å²) in [7, 11) is 0. The summed E-state index contributed by atoms with van der Waals surface area (Å²) in [6, 6.07) is 6.09. The van der Waals surface area contributed by atoms with Gasteiger partial charge in [-0.3, -0.25) is 9.59 Å². The van der Waals surface area contributed by atoms with Crippen LogP contribution in [0.15, 0.2) is 71.2 Å². The zero-order valence-corrected chi connectivity index (χ0v) is 16.3. The van der Waals surface area contributed by atoms with E-state index in [1.165, 1.54) is 24.4 Å². The maximum Gasteiger partial charge on any atom is 0.263 e. The standard InChI is InChI=1S/C23H25NO4/c1-4-15(2)13-16(3)7-5-6-8-20(26)21-22(27)19(14-24-23(21)28)17-9-11-18(25)12-10-17/h5-15,25H,4H2,1-3H3,(H2,24,27,28)/b7-5+,8-6+,16-13+/t15-/m0/s1. The van der Waals surface area contributed by atoms with Gasteiger partial charge in [-0.15, -0.1) is 0 Å². The Bertz CT molecular complexity index is 979. The van der Waals surface area contributed by atoms with E-state index < -0.39 is 11.3 Å². The van der Waals surface area contributed by atoms with Gasteiger partial charge in [-0.05, 0) is 36.6 Å². The molecular weight excluding hydrogens is 354 g/mol. The van der Waals surface area contributed by atoms with Crippen molar-refractivity contribution in [1.29, 1.82) is 0 Å². The number of aromatic hydroxyl groups is 2. The van der Waals surface area contributed by atoms with E-state index in [-0.39, 0.29) is 17.1 Å². The fraction of sp³-hybridized carbons (Fsp3) is 0.217. The van der Waals surface area contributed by atoms with Gasteiger partial charge in [-0.25, -0.2) is 0 Å². The molecule has 0 aliphatic carbocycles. The first kappa shape index (κ1) is 21.0. The first-order valence-corrected chi connectivity index (χ1v) is 9.15. The van der Waals surface area contributed by atoms with E-state index in [0.717, 1.165) is 12.0 Å². The average molecular weight is 379 g/mol. The number of carbonyl (C=O) groups is 1. The molecule has 0 saturated carbocycles. The SMILES string of the molecule is CC[C@H](C)/C=C(C)/C=C/C=C/C(=O)c1c(O)c(-c2ccc(O)cc2)c[nH]c1=O. The van der Waals surface area contributed by atoms with Crippen molar-refractivity contribution in [2.45, 2.75) is 27.2 Å². The highest BCUT2D eigenvalue weighted by molar-refractivity contribution is 6.07. The lowest BCUT2D eigenvalue weighted by Crippen LogP contribution is -2.16. The molecule has 28 heavy (non-hydrogen) atoms. The van der Waals surface area contributed by atoms with Crippen molar-refractivity contribution in [3.63, 3.8) is 0 Å². The zero-order chi connectivity index (χ0) is 20.7. The lowest BCUT2D eigenvalue weighted by molar-refractivity contribution is 0.104.